The Morgan fingerprint density at radius 1 is 1.33 bits per heavy atom. The summed E-state index contributed by atoms with van der Waals surface area (Å²) in [4.78, 5) is 18.0. The molecular formula is C16H18N6O2. The molecule has 0 aliphatic heterocycles. The molecule has 1 atom stereocenters. The maximum absolute atomic E-state index is 12.5. The van der Waals surface area contributed by atoms with E-state index in [9.17, 15) is 9.90 Å². The van der Waals surface area contributed by atoms with E-state index < -0.39 is 0 Å². The molecule has 24 heavy (non-hydrogen) atoms. The summed E-state index contributed by atoms with van der Waals surface area (Å²) in [7, 11) is 1.69. The van der Waals surface area contributed by atoms with Crippen LogP contribution in [0.1, 0.15) is 34.7 Å². The number of aromatic hydroxyl groups is 1. The van der Waals surface area contributed by atoms with Gasteiger partial charge in [0.15, 0.2) is 11.4 Å². The molecule has 0 spiro atoms. The van der Waals surface area contributed by atoms with Crippen molar-refractivity contribution in [3.05, 3.63) is 53.9 Å². The number of carbonyl (C=O) groups is 1. The zero-order valence-corrected chi connectivity index (χ0v) is 13.6. The quantitative estimate of drug-likeness (QED) is 0.762. The molecule has 1 amide bonds. The molecule has 3 rings (SSSR count). The second kappa shape index (κ2) is 6.15. The lowest BCUT2D eigenvalue weighted by atomic mass is 10.1. The number of benzene rings is 1. The Bertz CT molecular complexity index is 838. The second-order valence-electron chi connectivity index (χ2n) is 5.56. The number of nitrogens with zero attached hydrogens (tertiary/aromatic N) is 5. The molecule has 0 unspecified atom stereocenters. The highest BCUT2D eigenvalue weighted by Crippen LogP contribution is 2.25. The first-order valence-corrected chi connectivity index (χ1v) is 7.45. The van der Waals surface area contributed by atoms with Gasteiger partial charge in [-0.1, -0.05) is 12.1 Å². The van der Waals surface area contributed by atoms with Crippen LogP contribution in [0.5, 0.6) is 5.75 Å². The normalized spacial score (nSPS) is 12.1. The number of hydrogen-bond acceptors (Lipinski definition) is 5. The van der Waals surface area contributed by atoms with Crippen molar-refractivity contribution in [3.63, 3.8) is 0 Å². The Morgan fingerprint density at radius 3 is 2.58 bits per heavy atom. The topological polar surface area (TPSA) is 99.9 Å². The largest absolute Gasteiger partial charge is 0.504 e. The van der Waals surface area contributed by atoms with E-state index in [4.69, 9.17) is 0 Å². The molecule has 124 valence electrons. The van der Waals surface area contributed by atoms with Gasteiger partial charge < -0.3 is 10.0 Å². The number of H-pyrrole nitrogens is 1. The SMILES string of the molecule is Cc1n[nH]c(C(=O)N(C)[C@@H](C)c2ccc(-n3cncn3)cc2)c1O. The summed E-state index contributed by atoms with van der Waals surface area (Å²) in [6, 6.07) is 7.52. The highest BCUT2D eigenvalue weighted by Gasteiger charge is 2.24. The molecule has 0 radical (unpaired) electrons. The van der Waals surface area contributed by atoms with E-state index in [0.29, 0.717) is 5.69 Å². The lowest BCUT2D eigenvalue weighted by Gasteiger charge is -2.25. The van der Waals surface area contributed by atoms with Crippen molar-refractivity contribution in [2.45, 2.75) is 19.9 Å². The zero-order chi connectivity index (χ0) is 17.3. The lowest BCUT2D eigenvalue weighted by molar-refractivity contribution is 0.0733. The Kier molecular flexibility index (Phi) is 4.03. The van der Waals surface area contributed by atoms with Gasteiger partial charge in [0.05, 0.1) is 11.7 Å². The van der Waals surface area contributed by atoms with Gasteiger partial charge in [-0.05, 0) is 31.5 Å². The maximum atomic E-state index is 12.5. The van der Waals surface area contributed by atoms with Gasteiger partial charge in [0.2, 0.25) is 0 Å². The molecule has 8 heteroatoms. The average Bonchev–Trinajstić information content (AvgIpc) is 3.24. The molecule has 2 N–H and O–H groups in total. The molecule has 1 aromatic carbocycles. The Morgan fingerprint density at radius 2 is 2.04 bits per heavy atom. The molecule has 8 nitrogen and oxygen atoms in total. The summed E-state index contributed by atoms with van der Waals surface area (Å²) in [5, 5.41) is 20.4. The highest BCUT2D eigenvalue weighted by atomic mass is 16.3. The van der Waals surface area contributed by atoms with Crippen LogP contribution in [-0.4, -0.2) is 47.9 Å². The molecular weight excluding hydrogens is 308 g/mol. The third kappa shape index (κ3) is 2.73. The summed E-state index contributed by atoms with van der Waals surface area (Å²) >= 11 is 0. The van der Waals surface area contributed by atoms with E-state index in [1.54, 1.807) is 29.9 Å². The number of aromatic amines is 1. The van der Waals surface area contributed by atoms with E-state index in [-0.39, 0.29) is 23.4 Å². The van der Waals surface area contributed by atoms with Crippen LogP contribution in [-0.2, 0) is 0 Å². The minimum Gasteiger partial charge on any atom is -0.504 e. The number of rotatable bonds is 4. The Hall–Kier alpha value is -3.16. The van der Waals surface area contributed by atoms with E-state index in [2.05, 4.69) is 20.3 Å². The predicted octanol–water partition coefficient (Wildman–Crippen LogP) is 1.84. The Labute approximate surface area is 138 Å². The molecule has 2 heterocycles. The highest BCUT2D eigenvalue weighted by molar-refractivity contribution is 5.95. The van der Waals surface area contributed by atoms with Gasteiger partial charge in [-0.25, -0.2) is 9.67 Å². The van der Waals surface area contributed by atoms with Gasteiger partial charge in [0, 0.05) is 7.05 Å². The van der Waals surface area contributed by atoms with Gasteiger partial charge >= 0.3 is 0 Å². The van der Waals surface area contributed by atoms with Gasteiger partial charge in [-0.2, -0.15) is 10.2 Å². The van der Waals surface area contributed by atoms with Crippen molar-refractivity contribution in [2.24, 2.45) is 0 Å². The first kappa shape index (κ1) is 15.7. The minimum atomic E-state index is -0.319. The predicted molar refractivity (Wildman–Crippen MR) is 86.9 cm³/mol. The molecule has 0 aliphatic carbocycles. The first-order chi connectivity index (χ1) is 11.5. The molecule has 0 saturated heterocycles. The van der Waals surface area contributed by atoms with Crippen LogP contribution in [0, 0.1) is 6.92 Å². The minimum absolute atomic E-state index is 0.0982. The van der Waals surface area contributed by atoms with Crippen molar-refractivity contribution in [1.29, 1.82) is 0 Å². The fraction of sp³-hybridized carbons (Fsp3) is 0.250. The number of nitrogens with one attached hydrogen (secondary N) is 1. The second-order valence-corrected chi connectivity index (χ2v) is 5.56. The number of aromatic nitrogens is 5. The summed E-state index contributed by atoms with van der Waals surface area (Å²) in [5.41, 5.74) is 2.35. The smallest absolute Gasteiger partial charge is 0.275 e. The van der Waals surface area contributed by atoms with Crippen LogP contribution < -0.4 is 0 Å². The monoisotopic (exact) mass is 326 g/mol. The van der Waals surface area contributed by atoms with E-state index in [1.165, 1.54) is 6.33 Å². The number of aryl methyl sites for hydroxylation is 1. The van der Waals surface area contributed by atoms with Crippen molar-refractivity contribution in [2.75, 3.05) is 7.05 Å². The summed E-state index contributed by atoms with van der Waals surface area (Å²) in [5.74, 6) is -0.429. The zero-order valence-electron chi connectivity index (χ0n) is 13.6. The summed E-state index contributed by atoms with van der Waals surface area (Å²) in [6.07, 6.45) is 3.10. The van der Waals surface area contributed by atoms with Gasteiger partial charge in [0.25, 0.3) is 5.91 Å². The summed E-state index contributed by atoms with van der Waals surface area (Å²) < 4.78 is 1.66. The van der Waals surface area contributed by atoms with Crippen LogP contribution in [0.3, 0.4) is 0 Å². The average molecular weight is 326 g/mol. The fourth-order valence-electron chi connectivity index (χ4n) is 2.40. The Balaban J connectivity index is 1.79. The fourth-order valence-corrected chi connectivity index (χ4v) is 2.40. The number of amides is 1. The van der Waals surface area contributed by atoms with Gasteiger partial charge in [-0.15, -0.1) is 0 Å². The molecule has 2 aromatic heterocycles. The van der Waals surface area contributed by atoms with Crippen molar-refractivity contribution in [1.82, 2.24) is 29.9 Å². The number of hydrogen-bond donors (Lipinski definition) is 2. The van der Waals surface area contributed by atoms with Crippen LogP contribution in [0.25, 0.3) is 5.69 Å². The van der Waals surface area contributed by atoms with Gasteiger partial charge in [0.1, 0.15) is 18.3 Å². The van der Waals surface area contributed by atoms with E-state index >= 15 is 0 Å². The lowest BCUT2D eigenvalue weighted by Crippen LogP contribution is -2.30. The number of carbonyl (C=O) groups excluding carboxylic acids is 1. The summed E-state index contributed by atoms with van der Waals surface area (Å²) in [6.45, 7) is 3.55. The van der Waals surface area contributed by atoms with Crippen LogP contribution >= 0.6 is 0 Å². The third-order valence-corrected chi connectivity index (χ3v) is 4.09. The third-order valence-electron chi connectivity index (χ3n) is 4.09. The van der Waals surface area contributed by atoms with Crippen LogP contribution in [0.4, 0.5) is 0 Å². The standard InChI is InChI=1S/C16H18N6O2/c1-10-15(23)14(20-19-10)16(24)21(3)11(2)12-4-6-13(7-5-12)22-9-17-8-18-22/h4-9,11,23H,1-3H3,(H,19,20)/t11-/m0/s1. The first-order valence-electron chi connectivity index (χ1n) is 7.45. The van der Waals surface area contributed by atoms with E-state index in [1.807, 2.05) is 31.2 Å². The molecule has 0 fully saturated rings. The van der Waals surface area contributed by atoms with Crippen LogP contribution in [0.2, 0.25) is 0 Å². The molecule has 0 bridgehead atoms. The van der Waals surface area contributed by atoms with Crippen molar-refractivity contribution >= 4 is 5.91 Å². The molecule has 0 aliphatic rings. The molecule has 0 saturated carbocycles. The molecule has 3 aromatic rings. The van der Waals surface area contributed by atoms with E-state index in [0.717, 1.165) is 11.3 Å². The van der Waals surface area contributed by atoms with Crippen LogP contribution in [0.15, 0.2) is 36.9 Å². The van der Waals surface area contributed by atoms with Crippen molar-refractivity contribution < 1.29 is 9.90 Å². The van der Waals surface area contributed by atoms with Gasteiger partial charge in [-0.3, -0.25) is 9.89 Å². The maximum Gasteiger partial charge on any atom is 0.275 e. The van der Waals surface area contributed by atoms with Crippen molar-refractivity contribution in [3.8, 4) is 11.4 Å².